The summed E-state index contributed by atoms with van der Waals surface area (Å²) < 4.78 is 5.48. The van der Waals surface area contributed by atoms with Crippen LogP contribution in [0.3, 0.4) is 0 Å². The van der Waals surface area contributed by atoms with E-state index in [1.54, 1.807) is 13.0 Å². The molecule has 0 saturated heterocycles. The summed E-state index contributed by atoms with van der Waals surface area (Å²) in [6, 6.07) is 11.2. The van der Waals surface area contributed by atoms with Gasteiger partial charge in [0, 0.05) is 12.3 Å². The Kier molecular flexibility index (Phi) is 7.30. The highest BCUT2D eigenvalue weighted by molar-refractivity contribution is 6.04. The maximum Gasteiger partial charge on any atom is 0.315 e. The first-order valence-electron chi connectivity index (χ1n) is 9.39. The molecule has 7 nitrogen and oxygen atoms in total. The second kappa shape index (κ2) is 9.47. The summed E-state index contributed by atoms with van der Waals surface area (Å²) in [4.78, 5) is 24.6. The lowest BCUT2D eigenvalue weighted by Gasteiger charge is -2.39. The summed E-state index contributed by atoms with van der Waals surface area (Å²) in [7, 11) is 0. The molecule has 1 aromatic rings. The number of carbonyl (C=O) groups excluding carboxylic acids is 2. The standard InChI is InChI=1S/C21H27N3O4/c1-14(2)13-28-20(26)19-16(15-7-5-4-6-8-15)11-21(3,27)12-17(19)23-24-18(25)9-10-22/h4-8,14,16,19,27H,9,11-13H2,1-3H3,(H,24,25). The van der Waals surface area contributed by atoms with E-state index in [1.165, 1.54) is 0 Å². The van der Waals surface area contributed by atoms with Crippen LogP contribution in [0.5, 0.6) is 0 Å². The molecular formula is C21H27N3O4. The lowest BCUT2D eigenvalue weighted by Crippen LogP contribution is -2.46. The number of benzene rings is 1. The van der Waals surface area contributed by atoms with Gasteiger partial charge in [-0.25, -0.2) is 5.43 Å². The van der Waals surface area contributed by atoms with E-state index in [9.17, 15) is 14.7 Å². The summed E-state index contributed by atoms with van der Waals surface area (Å²) in [5.41, 5.74) is 2.48. The maximum atomic E-state index is 12.9. The van der Waals surface area contributed by atoms with Gasteiger partial charge in [-0.05, 0) is 24.8 Å². The number of esters is 1. The van der Waals surface area contributed by atoms with Crippen molar-refractivity contribution in [1.29, 1.82) is 5.26 Å². The van der Waals surface area contributed by atoms with E-state index in [0.717, 1.165) is 5.56 Å². The first kappa shape index (κ1) is 21.6. The molecule has 0 heterocycles. The highest BCUT2D eigenvalue weighted by Crippen LogP contribution is 2.41. The summed E-state index contributed by atoms with van der Waals surface area (Å²) in [5, 5.41) is 23.5. The van der Waals surface area contributed by atoms with Crippen molar-refractivity contribution in [3.8, 4) is 6.07 Å². The molecule has 3 atom stereocenters. The van der Waals surface area contributed by atoms with Gasteiger partial charge in [-0.2, -0.15) is 10.4 Å². The number of nitrogens with zero attached hydrogens (tertiary/aromatic N) is 2. The second-order valence-corrected chi connectivity index (χ2v) is 7.87. The van der Waals surface area contributed by atoms with Crippen LogP contribution >= 0.6 is 0 Å². The van der Waals surface area contributed by atoms with Gasteiger partial charge in [0.1, 0.15) is 12.3 Å². The first-order chi connectivity index (χ1) is 13.2. The van der Waals surface area contributed by atoms with E-state index in [0.29, 0.717) is 12.1 Å². The molecule has 0 spiro atoms. The molecule has 0 radical (unpaired) electrons. The molecular weight excluding hydrogens is 358 g/mol. The second-order valence-electron chi connectivity index (χ2n) is 7.87. The lowest BCUT2D eigenvalue weighted by molar-refractivity contribution is -0.149. The van der Waals surface area contributed by atoms with Crippen LogP contribution in [0.4, 0.5) is 0 Å². The van der Waals surface area contributed by atoms with Crippen LogP contribution in [-0.4, -0.2) is 34.9 Å². The number of nitrogens with one attached hydrogen (secondary N) is 1. The average Bonchev–Trinajstić information content (AvgIpc) is 2.64. The summed E-state index contributed by atoms with van der Waals surface area (Å²) in [5.74, 6) is -1.86. The van der Waals surface area contributed by atoms with Crippen LogP contribution in [0.15, 0.2) is 35.4 Å². The van der Waals surface area contributed by atoms with Gasteiger partial charge in [0.05, 0.1) is 24.0 Å². The molecule has 150 valence electrons. The highest BCUT2D eigenvalue weighted by Gasteiger charge is 2.45. The number of rotatable bonds is 6. The highest BCUT2D eigenvalue weighted by atomic mass is 16.5. The van der Waals surface area contributed by atoms with Gasteiger partial charge in [0.25, 0.3) is 5.91 Å². The molecule has 0 aliphatic heterocycles. The normalized spacial score (nSPS) is 25.9. The van der Waals surface area contributed by atoms with Crippen molar-refractivity contribution in [2.75, 3.05) is 6.61 Å². The van der Waals surface area contributed by atoms with Gasteiger partial charge in [-0.3, -0.25) is 9.59 Å². The van der Waals surface area contributed by atoms with E-state index in [-0.39, 0.29) is 31.3 Å². The summed E-state index contributed by atoms with van der Waals surface area (Å²) in [6.45, 7) is 5.86. The molecule has 28 heavy (non-hydrogen) atoms. The molecule has 1 fully saturated rings. The molecule has 3 unspecified atom stereocenters. The van der Waals surface area contributed by atoms with Crippen molar-refractivity contribution in [1.82, 2.24) is 5.43 Å². The van der Waals surface area contributed by atoms with Crippen molar-refractivity contribution in [2.45, 2.75) is 51.6 Å². The van der Waals surface area contributed by atoms with E-state index in [2.05, 4.69) is 10.5 Å². The monoisotopic (exact) mass is 385 g/mol. The Balaban J connectivity index is 2.40. The van der Waals surface area contributed by atoms with Gasteiger partial charge < -0.3 is 9.84 Å². The third-order valence-electron chi connectivity index (χ3n) is 4.59. The molecule has 7 heteroatoms. The fourth-order valence-corrected chi connectivity index (χ4v) is 3.40. The number of amides is 1. The van der Waals surface area contributed by atoms with Crippen LogP contribution in [0.1, 0.15) is 51.5 Å². The van der Waals surface area contributed by atoms with Crippen LogP contribution in [0.25, 0.3) is 0 Å². The Morgan fingerprint density at radius 2 is 2.07 bits per heavy atom. The number of carbonyl (C=O) groups is 2. The van der Waals surface area contributed by atoms with E-state index in [4.69, 9.17) is 10.00 Å². The van der Waals surface area contributed by atoms with Gasteiger partial charge in [-0.15, -0.1) is 0 Å². The molecule has 0 bridgehead atoms. The maximum absolute atomic E-state index is 12.9. The largest absolute Gasteiger partial charge is 0.465 e. The van der Waals surface area contributed by atoms with Gasteiger partial charge in [0.2, 0.25) is 0 Å². The minimum Gasteiger partial charge on any atom is -0.465 e. The number of hydrogen-bond acceptors (Lipinski definition) is 6. The third-order valence-corrected chi connectivity index (χ3v) is 4.59. The number of ether oxygens (including phenoxy) is 1. The molecule has 1 aliphatic rings. The summed E-state index contributed by atoms with van der Waals surface area (Å²) in [6.07, 6.45) is 0.159. The van der Waals surface area contributed by atoms with Gasteiger partial charge in [-0.1, -0.05) is 44.2 Å². The van der Waals surface area contributed by atoms with Crippen molar-refractivity contribution in [3.63, 3.8) is 0 Å². The predicted molar refractivity (Wildman–Crippen MR) is 104 cm³/mol. The Labute approximate surface area is 165 Å². The van der Waals surface area contributed by atoms with E-state index < -0.39 is 23.4 Å². The van der Waals surface area contributed by atoms with Gasteiger partial charge in [0.15, 0.2) is 0 Å². The molecule has 1 saturated carbocycles. The van der Waals surface area contributed by atoms with E-state index >= 15 is 0 Å². The Morgan fingerprint density at radius 1 is 1.39 bits per heavy atom. The fraction of sp³-hybridized carbons (Fsp3) is 0.524. The zero-order chi connectivity index (χ0) is 20.7. The molecule has 2 rings (SSSR count). The number of nitriles is 1. The smallest absolute Gasteiger partial charge is 0.315 e. The fourth-order valence-electron chi connectivity index (χ4n) is 3.40. The van der Waals surface area contributed by atoms with Gasteiger partial charge >= 0.3 is 5.97 Å². The van der Waals surface area contributed by atoms with Crippen LogP contribution in [0, 0.1) is 23.2 Å². The van der Waals surface area contributed by atoms with E-state index in [1.807, 2.05) is 44.2 Å². The Morgan fingerprint density at radius 3 is 2.68 bits per heavy atom. The quantitative estimate of drug-likeness (QED) is 0.577. The van der Waals surface area contributed by atoms with Crippen molar-refractivity contribution in [3.05, 3.63) is 35.9 Å². The zero-order valence-corrected chi connectivity index (χ0v) is 16.5. The molecule has 2 N–H and O–H groups in total. The third kappa shape index (κ3) is 5.89. The molecule has 1 amide bonds. The summed E-state index contributed by atoms with van der Waals surface area (Å²) >= 11 is 0. The van der Waals surface area contributed by atoms with Crippen LogP contribution < -0.4 is 5.43 Å². The molecule has 1 aliphatic carbocycles. The zero-order valence-electron chi connectivity index (χ0n) is 16.5. The van der Waals surface area contributed by atoms with Crippen molar-refractivity contribution >= 4 is 17.6 Å². The topological polar surface area (TPSA) is 112 Å². The number of hydrazone groups is 1. The van der Waals surface area contributed by atoms with Crippen LogP contribution in [-0.2, 0) is 14.3 Å². The first-order valence-corrected chi connectivity index (χ1v) is 9.39. The van der Waals surface area contributed by atoms with Crippen LogP contribution in [0.2, 0.25) is 0 Å². The minimum atomic E-state index is -1.09. The minimum absolute atomic E-state index is 0.130. The Bertz CT molecular complexity index is 766. The molecule has 0 aromatic heterocycles. The number of hydrogen-bond donors (Lipinski definition) is 2. The van der Waals surface area contributed by atoms with Crippen molar-refractivity contribution < 1.29 is 19.4 Å². The van der Waals surface area contributed by atoms with Crippen molar-refractivity contribution in [2.24, 2.45) is 16.9 Å². The predicted octanol–water partition coefficient (Wildman–Crippen LogP) is 2.52. The molecule has 1 aromatic carbocycles. The SMILES string of the molecule is CC(C)COC(=O)C1C(=NNC(=O)CC#N)CC(C)(O)CC1c1ccccc1. The Hall–Kier alpha value is -2.72. The average molecular weight is 385 g/mol. The number of aliphatic hydroxyl groups is 1. The lowest BCUT2D eigenvalue weighted by atomic mass is 9.68.